The lowest BCUT2D eigenvalue weighted by atomic mass is 9.99. The third-order valence-electron chi connectivity index (χ3n) is 4.72. The lowest BCUT2D eigenvalue weighted by Crippen LogP contribution is -2.36. The van der Waals surface area contributed by atoms with Crippen molar-refractivity contribution in [1.29, 1.82) is 0 Å². The molecule has 2 aliphatic rings. The van der Waals surface area contributed by atoms with Gasteiger partial charge in [0.2, 0.25) is 0 Å². The Morgan fingerprint density at radius 1 is 1.35 bits per heavy atom. The molecule has 2 aromatic rings. The van der Waals surface area contributed by atoms with Gasteiger partial charge in [0.15, 0.2) is 5.69 Å². The topological polar surface area (TPSA) is 71.8 Å². The molecule has 6 nitrogen and oxygen atoms in total. The summed E-state index contributed by atoms with van der Waals surface area (Å²) in [6.45, 7) is 0.828. The maximum atomic E-state index is 12.8. The van der Waals surface area contributed by atoms with Crippen LogP contribution in [0, 0.1) is 5.92 Å². The minimum Gasteiger partial charge on any atom is -0.338 e. The number of anilines is 1. The first-order valence-electron chi connectivity index (χ1n) is 8.51. The first-order valence-corrected chi connectivity index (χ1v) is 9.39. The zero-order valence-corrected chi connectivity index (χ0v) is 14.7. The van der Waals surface area contributed by atoms with Gasteiger partial charge in [-0.15, -0.1) is 11.3 Å². The largest absolute Gasteiger partial charge is 0.434 e. The molecule has 1 aliphatic carbocycles. The number of fused-ring (bicyclic) bond motifs is 1. The van der Waals surface area contributed by atoms with Gasteiger partial charge in [0.1, 0.15) is 10.8 Å². The minimum atomic E-state index is -4.42. The number of hydrogen-bond acceptors (Lipinski definition) is 4. The summed E-state index contributed by atoms with van der Waals surface area (Å²) < 4.78 is 39.8. The number of hydrogen-bond donors (Lipinski definition) is 2. The molecule has 1 aliphatic heterocycles. The third kappa shape index (κ3) is 3.69. The number of imidazole rings is 1. The summed E-state index contributed by atoms with van der Waals surface area (Å²) in [6.07, 6.45) is 0.0183. The van der Waals surface area contributed by atoms with E-state index in [0.29, 0.717) is 37.7 Å². The molecule has 10 heteroatoms. The van der Waals surface area contributed by atoms with Crippen LogP contribution in [-0.4, -0.2) is 27.1 Å². The van der Waals surface area contributed by atoms with Gasteiger partial charge in [0.25, 0.3) is 0 Å². The lowest BCUT2D eigenvalue weighted by molar-refractivity contribution is -0.141. The molecule has 0 spiro atoms. The van der Waals surface area contributed by atoms with Crippen molar-refractivity contribution in [1.82, 2.24) is 19.9 Å². The molecule has 0 radical (unpaired) electrons. The van der Waals surface area contributed by atoms with Crippen LogP contribution in [0.15, 0.2) is 11.7 Å². The Balaban J connectivity index is 1.30. The van der Waals surface area contributed by atoms with Gasteiger partial charge in [-0.1, -0.05) is 0 Å². The van der Waals surface area contributed by atoms with Crippen molar-refractivity contribution >= 4 is 22.4 Å². The molecule has 1 atom stereocenters. The summed E-state index contributed by atoms with van der Waals surface area (Å²) in [5, 5.41) is 6.43. The van der Waals surface area contributed by atoms with E-state index < -0.39 is 11.9 Å². The van der Waals surface area contributed by atoms with Crippen LogP contribution in [0.3, 0.4) is 0 Å². The molecule has 2 aromatic heterocycles. The first kappa shape index (κ1) is 17.3. The van der Waals surface area contributed by atoms with Gasteiger partial charge < -0.3 is 9.88 Å². The van der Waals surface area contributed by atoms with E-state index in [2.05, 4.69) is 20.6 Å². The highest BCUT2D eigenvalue weighted by atomic mass is 32.1. The number of thiazole rings is 1. The van der Waals surface area contributed by atoms with E-state index in [1.807, 2.05) is 0 Å². The second kappa shape index (κ2) is 6.57. The average Bonchev–Trinajstić information content (AvgIpc) is 3.16. The molecule has 0 saturated heterocycles. The Labute approximate surface area is 151 Å². The Hall–Kier alpha value is -2.10. The van der Waals surface area contributed by atoms with Crippen molar-refractivity contribution in [2.45, 2.75) is 44.3 Å². The molecule has 2 amide bonds. The summed E-state index contributed by atoms with van der Waals surface area (Å²) >= 11 is 1.40. The molecule has 4 rings (SSSR count). The normalized spacial score (nSPS) is 19.9. The van der Waals surface area contributed by atoms with Gasteiger partial charge >= 0.3 is 12.2 Å². The van der Waals surface area contributed by atoms with Crippen LogP contribution < -0.4 is 10.6 Å². The molecule has 1 unspecified atom stereocenters. The number of halogens is 3. The molecule has 26 heavy (non-hydrogen) atoms. The second-order valence-electron chi connectivity index (χ2n) is 6.77. The fraction of sp³-hybridized carbons (Fsp3) is 0.562. The van der Waals surface area contributed by atoms with Crippen molar-refractivity contribution in [2.75, 3.05) is 11.9 Å². The number of alkyl halides is 3. The molecule has 1 fully saturated rings. The van der Waals surface area contributed by atoms with Crippen molar-refractivity contribution in [3.05, 3.63) is 28.9 Å². The summed E-state index contributed by atoms with van der Waals surface area (Å²) in [4.78, 5) is 20.1. The average molecular weight is 385 g/mol. The number of carbonyl (C=O) groups excluding carboxylic acids is 1. The van der Waals surface area contributed by atoms with Crippen LogP contribution in [0.1, 0.15) is 42.4 Å². The number of nitrogens with zero attached hydrogens (tertiary/aromatic N) is 3. The van der Waals surface area contributed by atoms with E-state index in [1.54, 1.807) is 10.1 Å². The highest BCUT2D eigenvalue weighted by molar-refractivity contribution is 7.14. The van der Waals surface area contributed by atoms with Crippen molar-refractivity contribution in [2.24, 2.45) is 5.92 Å². The zero-order valence-electron chi connectivity index (χ0n) is 13.8. The van der Waals surface area contributed by atoms with E-state index in [-0.39, 0.29) is 11.9 Å². The Morgan fingerprint density at radius 3 is 2.88 bits per heavy atom. The van der Waals surface area contributed by atoms with E-state index in [4.69, 9.17) is 0 Å². The van der Waals surface area contributed by atoms with Gasteiger partial charge in [-0.3, -0.25) is 5.32 Å². The Morgan fingerprint density at radius 2 is 2.15 bits per heavy atom. The predicted octanol–water partition coefficient (Wildman–Crippen LogP) is 3.62. The molecule has 1 saturated carbocycles. The molecule has 140 valence electrons. The van der Waals surface area contributed by atoms with Gasteiger partial charge in [-0.05, 0) is 25.2 Å². The van der Waals surface area contributed by atoms with E-state index in [9.17, 15) is 18.0 Å². The van der Waals surface area contributed by atoms with Crippen LogP contribution in [0.25, 0.3) is 0 Å². The minimum absolute atomic E-state index is 0.0768. The summed E-state index contributed by atoms with van der Waals surface area (Å²) in [5.41, 5.74) is 1.82. The van der Waals surface area contributed by atoms with Crippen LogP contribution >= 0.6 is 11.3 Å². The third-order valence-corrected chi connectivity index (χ3v) is 5.48. The highest BCUT2D eigenvalue weighted by Gasteiger charge is 2.35. The second-order valence-corrected chi connectivity index (χ2v) is 7.63. The number of urea groups is 1. The van der Waals surface area contributed by atoms with E-state index >= 15 is 0 Å². The first-order chi connectivity index (χ1) is 12.4. The van der Waals surface area contributed by atoms with Gasteiger partial charge in [-0.2, -0.15) is 13.2 Å². The van der Waals surface area contributed by atoms with E-state index in [1.165, 1.54) is 11.3 Å². The summed E-state index contributed by atoms with van der Waals surface area (Å²) in [6, 6.07) is -0.302. The van der Waals surface area contributed by atoms with Gasteiger partial charge in [-0.25, -0.2) is 14.8 Å². The van der Waals surface area contributed by atoms with Crippen LogP contribution in [-0.2, 0) is 19.1 Å². The maximum Gasteiger partial charge on any atom is 0.434 e. The number of rotatable bonds is 4. The lowest BCUT2D eigenvalue weighted by Gasteiger charge is -2.23. The monoisotopic (exact) mass is 385 g/mol. The molecule has 0 aromatic carbocycles. The summed E-state index contributed by atoms with van der Waals surface area (Å²) in [5.74, 6) is 0.988. The van der Waals surface area contributed by atoms with Crippen LogP contribution in [0.4, 0.5) is 23.0 Å². The van der Waals surface area contributed by atoms with Gasteiger partial charge in [0, 0.05) is 31.6 Å². The van der Waals surface area contributed by atoms with Gasteiger partial charge in [0.05, 0.1) is 11.2 Å². The summed E-state index contributed by atoms with van der Waals surface area (Å²) in [7, 11) is 0. The van der Waals surface area contributed by atoms with Crippen LogP contribution in [0.5, 0.6) is 0 Å². The fourth-order valence-corrected chi connectivity index (χ4v) is 3.96. The zero-order chi connectivity index (χ0) is 18.3. The number of carbonyl (C=O) groups is 1. The number of aryl methyl sites for hydroxylation is 1. The smallest absolute Gasteiger partial charge is 0.338 e. The molecular formula is C16H18F3N5OS. The van der Waals surface area contributed by atoms with E-state index in [0.717, 1.165) is 29.7 Å². The Kier molecular flexibility index (Phi) is 4.37. The maximum absolute atomic E-state index is 12.8. The fourth-order valence-electron chi connectivity index (χ4n) is 3.20. The molecule has 2 N–H and O–H groups in total. The van der Waals surface area contributed by atoms with Crippen molar-refractivity contribution in [3.8, 4) is 0 Å². The molecule has 3 heterocycles. The Bertz CT molecular complexity index is 811. The number of aromatic nitrogens is 3. The van der Waals surface area contributed by atoms with Crippen molar-refractivity contribution < 1.29 is 18.0 Å². The quantitative estimate of drug-likeness (QED) is 0.844. The number of nitrogens with one attached hydrogen (secondary N) is 2. The SMILES string of the molecule is O=C(NCC1CCc2nc(C(F)(F)F)cn2C1)Nc1scnc1C1CC1. The molecular weight excluding hydrogens is 367 g/mol. The predicted molar refractivity (Wildman–Crippen MR) is 90.2 cm³/mol. The standard InChI is InChI=1S/C16H18F3N5OS/c17-16(18,19)11-7-24-6-9(1-4-12(24)22-11)5-20-15(25)23-14-13(10-2-3-10)21-8-26-14/h7-10H,1-6H2,(H2,20,23,25). The number of amides is 2. The highest BCUT2D eigenvalue weighted by Crippen LogP contribution is 2.43. The van der Waals surface area contributed by atoms with Crippen LogP contribution in [0.2, 0.25) is 0 Å². The van der Waals surface area contributed by atoms with Crippen molar-refractivity contribution in [3.63, 3.8) is 0 Å². The molecule has 0 bridgehead atoms.